The molecule has 1 atom stereocenters. The fourth-order valence-corrected chi connectivity index (χ4v) is 3.52. The van der Waals surface area contributed by atoms with Crippen molar-refractivity contribution in [1.29, 1.82) is 0 Å². The Morgan fingerprint density at radius 2 is 1.92 bits per heavy atom. The smallest absolute Gasteiger partial charge is 0.223 e. The van der Waals surface area contributed by atoms with Crippen molar-refractivity contribution in [2.75, 3.05) is 6.54 Å². The summed E-state index contributed by atoms with van der Waals surface area (Å²) in [5.41, 5.74) is 3.36. The second kappa shape index (κ2) is 7.12. The van der Waals surface area contributed by atoms with E-state index in [0.717, 1.165) is 11.1 Å². The number of carbonyl (C=O) groups is 1. The summed E-state index contributed by atoms with van der Waals surface area (Å²) in [7, 11) is 0. The molecule has 26 heavy (non-hydrogen) atoms. The molecule has 1 aliphatic heterocycles. The highest BCUT2D eigenvalue weighted by molar-refractivity contribution is 5.77. The summed E-state index contributed by atoms with van der Waals surface area (Å²) in [6, 6.07) is 16.5. The molecule has 132 valence electrons. The van der Waals surface area contributed by atoms with Crippen molar-refractivity contribution in [3.05, 3.63) is 89.5 Å². The molecule has 2 heterocycles. The predicted octanol–water partition coefficient (Wildman–Crippen LogP) is 3.59. The minimum absolute atomic E-state index is 0.0321. The van der Waals surface area contributed by atoms with Gasteiger partial charge in [-0.2, -0.15) is 5.10 Å². The van der Waals surface area contributed by atoms with Gasteiger partial charge in [-0.3, -0.25) is 9.48 Å². The first-order valence-corrected chi connectivity index (χ1v) is 8.80. The highest BCUT2D eigenvalue weighted by Gasteiger charge is 2.29. The quantitative estimate of drug-likeness (QED) is 0.722. The van der Waals surface area contributed by atoms with Gasteiger partial charge in [-0.25, -0.2) is 4.39 Å². The van der Waals surface area contributed by atoms with Crippen LogP contribution in [-0.4, -0.2) is 27.1 Å². The van der Waals surface area contributed by atoms with Crippen molar-refractivity contribution in [2.45, 2.75) is 25.4 Å². The summed E-state index contributed by atoms with van der Waals surface area (Å²) in [6.07, 6.45) is 4.73. The number of nitrogens with zero attached hydrogens (tertiary/aromatic N) is 3. The maximum Gasteiger partial charge on any atom is 0.223 e. The Morgan fingerprint density at radius 1 is 1.12 bits per heavy atom. The summed E-state index contributed by atoms with van der Waals surface area (Å²) in [4.78, 5) is 14.7. The average molecular weight is 349 g/mol. The number of carbonyl (C=O) groups excluding carboxylic acids is 1. The number of rotatable bonds is 4. The molecule has 0 saturated carbocycles. The van der Waals surface area contributed by atoms with Crippen LogP contribution in [0.2, 0.25) is 0 Å². The molecule has 4 nitrogen and oxygen atoms in total. The molecule has 0 radical (unpaired) electrons. The van der Waals surface area contributed by atoms with Gasteiger partial charge in [0.1, 0.15) is 5.82 Å². The second-order valence-corrected chi connectivity index (χ2v) is 6.60. The van der Waals surface area contributed by atoms with Crippen LogP contribution in [0.4, 0.5) is 4.39 Å². The van der Waals surface area contributed by atoms with Gasteiger partial charge in [0.2, 0.25) is 5.91 Å². The van der Waals surface area contributed by atoms with Gasteiger partial charge in [-0.15, -0.1) is 0 Å². The number of amides is 1. The first-order valence-electron chi connectivity index (χ1n) is 8.80. The third kappa shape index (κ3) is 3.38. The number of aromatic nitrogens is 2. The lowest BCUT2D eigenvalue weighted by molar-refractivity contribution is -0.132. The SMILES string of the molecule is O=C(CCc1ccc(F)cc1)N1Cc2ccccc2[C@@H](n2cccn2)C1. The zero-order valence-corrected chi connectivity index (χ0v) is 14.4. The normalized spacial score (nSPS) is 16.3. The van der Waals surface area contributed by atoms with E-state index >= 15 is 0 Å². The van der Waals surface area contributed by atoms with Crippen LogP contribution in [-0.2, 0) is 17.8 Å². The molecule has 1 aliphatic rings. The molecule has 0 N–H and O–H groups in total. The van der Waals surface area contributed by atoms with Crippen LogP contribution >= 0.6 is 0 Å². The molecule has 0 saturated heterocycles. The number of halogens is 1. The molecule has 0 spiro atoms. The van der Waals surface area contributed by atoms with Gasteiger partial charge in [0.15, 0.2) is 0 Å². The lowest BCUT2D eigenvalue weighted by atomic mass is 9.95. The summed E-state index contributed by atoms with van der Waals surface area (Å²) < 4.78 is 14.9. The van der Waals surface area contributed by atoms with Crippen LogP contribution in [0.5, 0.6) is 0 Å². The molecule has 0 fully saturated rings. The second-order valence-electron chi connectivity index (χ2n) is 6.60. The van der Waals surface area contributed by atoms with Gasteiger partial charge < -0.3 is 4.90 Å². The Morgan fingerprint density at radius 3 is 2.69 bits per heavy atom. The molecular formula is C21H20FN3O. The van der Waals surface area contributed by atoms with Crippen molar-refractivity contribution in [3.63, 3.8) is 0 Å². The molecule has 3 aromatic rings. The molecule has 2 aromatic carbocycles. The van der Waals surface area contributed by atoms with E-state index in [9.17, 15) is 9.18 Å². The van der Waals surface area contributed by atoms with Crippen LogP contribution in [0.15, 0.2) is 67.0 Å². The zero-order valence-electron chi connectivity index (χ0n) is 14.4. The Labute approximate surface area is 151 Å². The van der Waals surface area contributed by atoms with Crippen LogP contribution in [0.1, 0.15) is 29.2 Å². The Bertz CT molecular complexity index is 890. The highest BCUT2D eigenvalue weighted by atomic mass is 19.1. The van der Waals surface area contributed by atoms with Gasteiger partial charge >= 0.3 is 0 Å². The topological polar surface area (TPSA) is 38.1 Å². The lowest BCUT2D eigenvalue weighted by Gasteiger charge is -2.35. The van der Waals surface area contributed by atoms with Crippen molar-refractivity contribution < 1.29 is 9.18 Å². The summed E-state index contributed by atoms with van der Waals surface area (Å²) in [5.74, 6) is -0.143. The Kier molecular flexibility index (Phi) is 4.52. The molecule has 1 amide bonds. The molecule has 0 aliphatic carbocycles. The van der Waals surface area contributed by atoms with Crippen molar-refractivity contribution >= 4 is 5.91 Å². The van der Waals surface area contributed by atoms with E-state index in [4.69, 9.17) is 0 Å². The lowest BCUT2D eigenvalue weighted by Crippen LogP contribution is -2.40. The Balaban J connectivity index is 1.50. The van der Waals surface area contributed by atoms with E-state index in [0.29, 0.717) is 25.9 Å². The molecule has 0 unspecified atom stereocenters. The monoisotopic (exact) mass is 349 g/mol. The van der Waals surface area contributed by atoms with E-state index in [-0.39, 0.29) is 17.8 Å². The highest BCUT2D eigenvalue weighted by Crippen LogP contribution is 2.29. The van der Waals surface area contributed by atoms with Gasteiger partial charge in [-0.1, -0.05) is 36.4 Å². The molecule has 0 bridgehead atoms. The summed E-state index contributed by atoms with van der Waals surface area (Å²) in [5, 5.41) is 4.38. The number of aryl methyl sites for hydroxylation is 1. The Hall–Kier alpha value is -2.95. The molecule has 4 rings (SSSR count). The van der Waals surface area contributed by atoms with Crippen molar-refractivity contribution in [2.24, 2.45) is 0 Å². The summed E-state index contributed by atoms with van der Waals surface area (Å²) >= 11 is 0. The zero-order chi connectivity index (χ0) is 17.9. The molecular weight excluding hydrogens is 329 g/mol. The molecule has 1 aromatic heterocycles. The van der Waals surface area contributed by atoms with E-state index in [1.54, 1.807) is 18.3 Å². The first kappa shape index (κ1) is 16.5. The van der Waals surface area contributed by atoms with Crippen molar-refractivity contribution in [3.8, 4) is 0 Å². The minimum Gasteiger partial charge on any atom is -0.336 e. The van der Waals surface area contributed by atoms with E-state index in [1.807, 2.05) is 34.0 Å². The van der Waals surface area contributed by atoms with Crippen molar-refractivity contribution in [1.82, 2.24) is 14.7 Å². The third-order valence-corrected chi connectivity index (χ3v) is 4.91. The summed E-state index contributed by atoms with van der Waals surface area (Å²) in [6.45, 7) is 1.23. The number of hydrogen-bond acceptors (Lipinski definition) is 2. The fourth-order valence-electron chi connectivity index (χ4n) is 3.52. The number of benzene rings is 2. The van der Waals surface area contributed by atoms with E-state index < -0.39 is 0 Å². The average Bonchev–Trinajstić information content (AvgIpc) is 3.21. The minimum atomic E-state index is -0.255. The van der Waals surface area contributed by atoms with Crippen LogP contribution in [0, 0.1) is 5.82 Å². The molecule has 5 heteroatoms. The van der Waals surface area contributed by atoms with Gasteiger partial charge in [0.05, 0.1) is 6.04 Å². The first-order chi connectivity index (χ1) is 12.7. The van der Waals surface area contributed by atoms with E-state index in [1.165, 1.54) is 17.7 Å². The van der Waals surface area contributed by atoms with Gasteiger partial charge in [-0.05, 0) is 41.3 Å². The largest absolute Gasteiger partial charge is 0.336 e. The maximum atomic E-state index is 13.0. The van der Waals surface area contributed by atoms with Crippen LogP contribution < -0.4 is 0 Å². The fraction of sp³-hybridized carbons (Fsp3) is 0.238. The van der Waals surface area contributed by atoms with Crippen LogP contribution in [0.3, 0.4) is 0 Å². The predicted molar refractivity (Wildman–Crippen MR) is 96.9 cm³/mol. The van der Waals surface area contributed by atoms with Gasteiger partial charge in [0.25, 0.3) is 0 Å². The standard InChI is InChI=1S/C21H20FN3O/c22-18-9-6-16(7-10-18)8-11-21(26)24-14-17-4-1-2-5-19(17)20(15-24)25-13-3-12-23-25/h1-7,9-10,12-13,20H,8,11,14-15H2/t20-/m0/s1. The van der Waals surface area contributed by atoms with Crippen LogP contribution in [0.25, 0.3) is 0 Å². The number of hydrogen-bond donors (Lipinski definition) is 0. The van der Waals surface area contributed by atoms with Gasteiger partial charge in [0, 0.05) is 31.9 Å². The maximum absolute atomic E-state index is 13.0. The number of fused-ring (bicyclic) bond motifs is 1. The van der Waals surface area contributed by atoms with E-state index in [2.05, 4.69) is 17.2 Å². The third-order valence-electron chi connectivity index (χ3n) is 4.91.